The summed E-state index contributed by atoms with van der Waals surface area (Å²) in [6.45, 7) is 2.11. The minimum atomic E-state index is 0.0368. The fraction of sp³-hybridized carbons (Fsp3) is 0.222. The molecule has 0 atom stereocenters. The standard InChI is InChI=1S/C9H9NOS2/c1-6-2-3-12-9(6)7-5-13-8(4-11)10-7/h2-3,5,11H,4H2,1H3. The van der Waals surface area contributed by atoms with Gasteiger partial charge in [0.15, 0.2) is 0 Å². The molecular formula is C9H9NOS2. The molecule has 4 heteroatoms. The van der Waals surface area contributed by atoms with Gasteiger partial charge in [-0.3, -0.25) is 0 Å². The van der Waals surface area contributed by atoms with E-state index in [2.05, 4.69) is 23.4 Å². The Hall–Kier alpha value is -0.710. The smallest absolute Gasteiger partial charge is 0.119 e. The van der Waals surface area contributed by atoms with Crippen LogP contribution in [0.2, 0.25) is 0 Å². The first-order chi connectivity index (χ1) is 6.31. The van der Waals surface area contributed by atoms with E-state index in [1.165, 1.54) is 21.8 Å². The fourth-order valence-corrected chi connectivity index (χ4v) is 2.73. The molecule has 0 spiro atoms. The first kappa shape index (κ1) is 8.87. The molecule has 13 heavy (non-hydrogen) atoms. The molecule has 0 fully saturated rings. The molecule has 2 rings (SSSR count). The molecule has 0 bridgehead atoms. The summed E-state index contributed by atoms with van der Waals surface area (Å²) >= 11 is 3.19. The van der Waals surface area contributed by atoms with Crippen LogP contribution in [0.5, 0.6) is 0 Å². The van der Waals surface area contributed by atoms with Crippen LogP contribution in [0.1, 0.15) is 10.6 Å². The quantitative estimate of drug-likeness (QED) is 0.828. The van der Waals surface area contributed by atoms with Gasteiger partial charge in [0.2, 0.25) is 0 Å². The molecule has 2 nitrogen and oxygen atoms in total. The Morgan fingerprint density at radius 2 is 2.31 bits per heavy atom. The van der Waals surface area contributed by atoms with Crippen molar-refractivity contribution in [3.8, 4) is 10.6 Å². The lowest BCUT2D eigenvalue weighted by Gasteiger charge is -1.91. The van der Waals surface area contributed by atoms with Gasteiger partial charge in [-0.2, -0.15) is 0 Å². The number of hydrogen-bond donors (Lipinski definition) is 1. The Labute approximate surface area is 84.5 Å². The molecule has 1 N–H and O–H groups in total. The molecule has 2 aromatic rings. The van der Waals surface area contributed by atoms with Crippen molar-refractivity contribution >= 4 is 22.7 Å². The topological polar surface area (TPSA) is 33.1 Å². The lowest BCUT2D eigenvalue weighted by atomic mass is 10.2. The summed E-state index contributed by atoms with van der Waals surface area (Å²) in [5.41, 5.74) is 2.24. The monoisotopic (exact) mass is 211 g/mol. The summed E-state index contributed by atoms with van der Waals surface area (Å²) in [5.74, 6) is 0. The van der Waals surface area contributed by atoms with Crippen molar-refractivity contribution in [3.63, 3.8) is 0 Å². The average molecular weight is 211 g/mol. The van der Waals surface area contributed by atoms with Gasteiger partial charge in [0.25, 0.3) is 0 Å². The van der Waals surface area contributed by atoms with Crippen molar-refractivity contribution in [1.29, 1.82) is 0 Å². The first-order valence-corrected chi connectivity index (χ1v) is 5.67. The maximum Gasteiger partial charge on any atom is 0.119 e. The Morgan fingerprint density at radius 3 is 2.85 bits per heavy atom. The average Bonchev–Trinajstić information content (AvgIpc) is 2.71. The second kappa shape index (κ2) is 3.57. The van der Waals surface area contributed by atoms with Crippen LogP contribution in [0.3, 0.4) is 0 Å². The van der Waals surface area contributed by atoms with E-state index in [0.29, 0.717) is 0 Å². The molecule has 0 aliphatic carbocycles. The summed E-state index contributed by atoms with van der Waals surface area (Å²) in [6.07, 6.45) is 0. The number of aryl methyl sites for hydroxylation is 1. The zero-order chi connectivity index (χ0) is 9.26. The predicted octanol–water partition coefficient (Wildman–Crippen LogP) is 2.67. The molecule has 0 saturated carbocycles. The van der Waals surface area contributed by atoms with E-state index in [0.717, 1.165) is 10.7 Å². The molecule has 0 unspecified atom stereocenters. The molecule has 0 amide bonds. The highest BCUT2D eigenvalue weighted by molar-refractivity contribution is 7.14. The van der Waals surface area contributed by atoms with Crippen LogP contribution in [0.25, 0.3) is 10.6 Å². The third-order valence-electron chi connectivity index (χ3n) is 1.78. The van der Waals surface area contributed by atoms with Crippen LogP contribution in [0.4, 0.5) is 0 Å². The second-order valence-electron chi connectivity index (χ2n) is 2.72. The maximum atomic E-state index is 8.87. The number of aromatic nitrogens is 1. The van der Waals surface area contributed by atoms with E-state index in [1.807, 2.05) is 5.38 Å². The fourth-order valence-electron chi connectivity index (χ4n) is 1.12. The molecule has 2 aromatic heterocycles. The van der Waals surface area contributed by atoms with Gasteiger partial charge in [-0.05, 0) is 23.9 Å². The van der Waals surface area contributed by atoms with E-state index in [4.69, 9.17) is 5.11 Å². The van der Waals surface area contributed by atoms with Gasteiger partial charge in [-0.15, -0.1) is 22.7 Å². The highest BCUT2D eigenvalue weighted by Crippen LogP contribution is 2.29. The predicted molar refractivity (Wildman–Crippen MR) is 56.1 cm³/mol. The van der Waals surface area contributed by atoms with Gasteiger partial charge < -0.3 is 5.11 Å². The third-order valence-corrected chi connectivity index (χ3v) is 3.65. The van der Waals surface area contributed by atoms with Gasteiger partial charge in [0, 0.05) is 5.38 Å². The van der Waals surface area contributed by atoms with E-state index < -0.39 is 0 Å². The Morgan fingerprint density at radius 1 is 1.46 bits per heavy atom. The normalized spacial score (nSPS) is 10.6. The summed E-state index contributed by atoms with van der Waals surface area (Å²) in [7, 11) is 0. The molecule has 2 heterocycles. The van der Waals surface area contributed by atoms with Crippen molar-refractivity contribution in [3.05, 3.63) is 27.4 Å². The van der Waals surface area contributed by atoms with Crippen LogP contribution < -0.4 is 0 Å². The van der Waals surface area contributed by atoms with Gasteiger partial charge in [0.05, 0.1) is 17.2 Å². The number of nitrogens with zero attached hydrogens (tertiary/aromatic N) is 1. The van der Waals surface area contributed by atoms with Crippen molar-refractivity contribution in [2.75, 3.05) is 0 Å². The zero-order valence-corrected chi connectivity index (χ0v) is 8.78. The minimum absolute atomic E-state index is 0.0368. The highest BCUT2D eigenvalue weighted by atomic mass is 32.1. The Bertz CT molecular complexity index is 405. The summed E-state index contributed by atoms with van der Waals surface area (Å²) in [6, 6.07) is 2.08. The number of rotatable bonds is 2. The molecule has 0 saturated heterocycles. The highest BCUT2D eigenvalue weighted by Gasteiger charge is 2.07. The Balaban J connectivity index is 2.41. The number of thiazole rings is 1. The van der Waals surface area contributed by atoms with Crippen molar-refractivity contribution in [1.82, 2.24) is 4.98 Å². The number of aliphatic hydroxyl groups excluding tert-OH is 1. The lowest BCUT2D eigenvalue weighted by molar-refractivity contribution is 0.281. The van der Waals surface area contributed by atoms with E-state index in [-0.39, 0.29) is 6.61 Å². The molecule has 0 aliphatic rings. The third kappa shape index (κ3) is 1.65. The molecule has 0 aliphatic heterocycles. The first-order valence-electron chi connectivity index (χ1n) is 3.91. The number of aliphatic hydroxyl groups is 1. The van der Waals surface area contributed by atoms with Crippen LogP contribution in [-0.2, 0) is 6.61 Å². The number of thiophene rings is 1. The second-order valence-corrected chi connectivity index (χ2v) is 4.58. The van der Waals surface area contributed by atoms with Gasteiger partial charge in [0.1, 0.15) is 5.01 Å². The molecule has 68 valence electrons. The summed E-state index contributed by atoms with van der Waals surface area (Å²) in [4.78, 5) is 5.52. The largest absolute Gasteiger partial charge is 0.389 e. The SMILES string of the molecule is Cc1ccsc1-c1csc(CO)n1. The summed E-state index contributed by atoms with van der Waals surface area (Å²) < 4.78 is 0. The summed E-state index contributed by atoms with van der Waals surface area (Å²) in [5, 5.41) is 13.7. The van der Waals surface area contributed by atoms with Crippen molar-refractivity contribution < 1.29 is 5.11 Å². The van der Waals surface area contributed by atoms with Crippen molar-refractivity contribution in [2.45, 2.75) is 13.5 Å². The van der Waals surface area contributed by atoms with E-state index in [1.54, 1.807) is 11.3 Å². The maximum absolute atomic E-state index is 8.87. The van der Waals surface area contributed by atoms with Gasteiger partial charge in [-0.1, -0.05) is 0 Å². The van der Waals surface area contributed by atoms with Crippen LogP contribution >= 0.6 is 22.7 Å². The van der Waals surface area contributed by atoms with Crippen LogP contribution in [0.15, 0.2) is 16.8 Å². The minimum Gasteiger partial charge on any atom is -0.389 e. The van der Waals surface area contributed by atoms with Crippen molar-refractivity contribution in [2.24, 2.45) is 0 Å². The van der Waals surface area contributed by atoms with Crippen LogP contribution in [-0.4, -0.2) is 10.1 Å². The molecule has 0 radical (unpaired) electrons. The van der Waals surface area contributed by atoms with Gasteiger partial charge in [-0.25, -0.2) is 4.98 Å². The lowest BCUT2D eigenvalue weighted by Crippen LogP contribution is -1.80. The van der Waals surface area contributed by atoms with Crippen LogP contribution in [0, 0.1) is 6.92 Å². The van der Waals surface area contributed by atoms with E-state index >= 15 is 0 Å². The number of hydrogen-bond acceptors (Lipinski definition) is 4. The van der Waals surface area contributed by atoms with E-state index in [9.17, 15) is 0 Å². The Kier molecular flexibility index (Phi) is 2.44. The molecular weight excluding hydrogens is 202 g/mol. The zero-order valence-electron chi connectivity index (χ0n) is 7.15. The van der Waals surface area contributed by atoms with Gasteiger partial charge >= 0.3 is 0 Å². The molecule has 0 aromatic carbocycles.